The third-order valence-corrected chi connectivity index (χ3v) is 11.0. The maximum atomic E-state index is 6.44. The summed E-state index contributed by atoms with van der Waals surface area (Å²) in [5.41, 5.74) is 2.44. The van der Waals surface area contributed by atoms with E-state index in [2.05, 4.69) is 26.8 Å². The minimum Gasteiger partial charge on any atom is -0.353 e. The highest BCUT2D eigenvalue weighted by Gasteiger charge is 2.62. The van der Waals surface area contributed by atoms with Crippen LogP contribution in [0.4, 0.5) is 0 Å². The summed E-state index contributed by atoms with van der Waals surface area (Å²) in [6, 6.07) is 0. The lowest BCUT2D eigenvalue weighted by Crippen LogP contribution is -2.53. The van der Waals surface area contributed by atoms with Gasteiger partial charge in [0.25, 0.3) is 0 Å². The van der Waals surface area contributed by atoms with Crippen LogP contribution in [-0.4, -0.2) is 38.0 Å². The molecule has 0 unspecified atom stereocenters. The van der Waals surface area contributed by atoms with Gasteiger partial charge in [-0.2, -0.15) is 0 Å². The first-order valence-electron chi connectivity index (χ1n) is 13.7. The zero-order chi connectivity index (χ0) is 22.0. The fraction of sp³-hybridized carbons (Fsp3) is 0.929. The van der Waals surface area contributed by atoms with Gasteiger partial charge < -0.3 is 18.9 Å². The van der Waals surface area contributed by atoms with Crippen LogP contribution in [0.2, 0.25) is 0 Å². The minimum absolute atomic E-state index is 0.0437. The van der Waals surface area contributed by atoms with Crippen LogP contribution >= 0.6 is 0 Å². The second-order valence-corrected chi connectivity index (χ2v) is 12.4. The summed E-state index contributed by atoms with van der Waals surface area (Å²) in [5, 5.41) is 0. The highest BCUT2D eigenvalue weighted by molar-refractivity contribution is 5.25. The number of hydrogen-bond donors (Lipinski definition) is 0. The molecule has 2 saturated heterocycles. The van der Waals surface area contributed by atoms with Gasteiger partial charge in [-0.05, 0) is 106 Å². The van der Waals surface area contributed by atoms with Crippen molar-refractivity contribution in [3.05, 3.63) is 11.6 Å². The molecule has 2 heterocycles. The van der Waals surface area contributed by atoms with Crippen molar-refractivity contribution in [1.82, 2.24) is 0 Å². The van der Waals surface area contributed by atoms with Crippen molar-refractivity contribution < 1.29 is 18.9 Å². The fourth-order valence-electron chi connectivity index (χ4n) is 9.37. The number of allylic oxidation sites excluding steroid dienone is 1. The predicted molar refractivity (Wildman–Crippen MR) is 124 cm³/mol. The molecular weight excluding hydrogens is 400 g/mol. The first-order chi connectivity index (χ1) is 15.4. The molecule has 32 heavy (non-hydrogen) atoms. The second kappa shape index (κ2) is 8.07. The zero-order valence-corrected chi connectivity index (χ0v) is 20.6. The quantitative estimate of drug-likeness (QED) is 0.483. The van der Waals surface area contributed by atoms with Crippen LogP contribution in [0.1, 0.15) is 91.4 Å². The Morgan fingerprint density at radius 3 is 2.50 bits per heavy atom. The van der Waals surface area contributed by atoms with E-state index in [0.29, 0.717) is 22.9 Å². The summed E-state index contributed by atoms with van der Waals surface area (Å²) in [4.78, 5) is 0. The van der Waals surface area contributed by atoms with Gasteiger partial charge in [-0.3, -0.25) is 0 Å². The average Bonchev–Trinajstić information content (AvgIpc) is 3.38. The monoisotopic (exact) mass is 444 g/mol. The molecule has 0 aromatic rings. The van der Waals surface area contributed by atoms with E-state index in [4.69, 9.17) is 18.9 Å². The highest BCUT2D eigenvalue weighted by atomic mass is 16.7. The van der Waals surface area contributed by atoms with Crippen LogP contribution in [0, 0.1) is 34.5 Å². The Hall–Kier alpha value is -0.420. The molecule has 0 N–H and O–H groups in total. The lowest BCUT2D eigenvalue weighted by atomic mass is 9.47. The van der Waals surface area contributed by atoms with Crippen LogP contribution in [0.5, 0.6) is 0 Å². The normalized spacial score (nSPS) is 50.3. The van der Waals surface area contributed by atoms with E-state index >= 15 is 0 Å². The Kier molecular flexibility index (Phi) is 5.57. The van der Waals surface area contributed by atoms with E-state index in [0.717, 1.165) is 50.4 Å². The standard InChI is InChI=1S/C28H44O4/c1-26-13-11-20(32-25-6-4-5-15-29-25)18-19(26)7-8-21-22-9-10-24(28(3)30-16-17-31-28)27(22,2)14-12-23(21)26/h7,20-25H,4-6,8-18H2,1-3H3/t20-,21-,22+,23+,24-,25+,26-,27-/m0/s1. The minimum atomic E-state index is -0.355. The van der Waals surface area contributed by atoms with Crippen molar-refractivity contribution in [2.24, 2.45) is 34.5 Å². The smallest absolute Gasteiger partial charge is 0.169 e. The fourth-order valence-corrected chi connectivity index (χ4v) is 9.37. The number of ether oxygens (including phenoxy) is 4. The maximum Gasteiger partial charge on any atom is 0.169 e. The van der Waals surface area contributed by atoms with Gasteiger partial charge in [0.2, 0.25) is 0 Å². The summed E-state index contributed by atoms with van der Waals surface area (Å²) >= 11 is 0. The molecule has 0 spiro atoms. The summed E-state index contributed by atoms with van der Waals surface area (Å²) < 4.78 is 24.7. The molecule has 5 fully saturated rings. The predicted octanol–water partition coefficient (Wildman–Crippen LogP) is 6.24. The maximum absolute atomic E-state index is 6.44. The first-order valence-corrected chi connectivity index (χ1v) is 13.7. The van der Waals surface area contributed by atoms with E-state index in [9.17, 15) is 0 Å². The Bertz CT molecular complexity index is 736. The molecule has 4 nitrogen and oxygen atoms in total. The molecule has 8 atom stereocenters. The molecule has 6 aliphatic rings. The molecule has 0 aromatic heterocycles. The molecule has 4 aliphatic carbocycles. The topological polar surface area (TPSA) is 36.9 Å². The average molecular weight is 445 g/mol. The van der Waals surface area contributed by atoms with Crippen molar-refractivity contribution in [1.29, 1.82) is 0 Å². The van der Waals surface area contributed by atoms with Crippen LogP contribution in [0.3, 0.4) is 0 Å². The van der Waals surface area contributed by atoms with E-state index in [-0.39, 0.29) is 12.1 Å². The second-order valence-electron chi connectivity index (χ2n) is 12.4. The van der Waals surface area contributed by atoms with Crippen LogP contribution < -0.4 is 0 Å². The van der Waals surface area contributed by atoms with Gasteiger partial charge in [0, 0.05) is 12.5 Å². The molecule has 0 aromatic carbocycles. The summed E-state index contributed by atoms with van der Waals surface area (Å²) in [5.74, 6) is 2.67. The molecule has 4 heteroatoms. The third-order valence-electron chi connectivity index (χ3n) is 11.0. The summed E-state index contributed by atoms with van der Waals surface area (Å²) in [6.45, 7) is 9.80. The van der Waals surface area contributed by atoms with Gasteiger partial charge in [0.05, 0.1) is 19.3 Å². The Morgan fingerprint density at radius 1 is 0.875 bits per heavy atom. The van der Waals surface area contributed by atoms with Crippen molar-refractivity contribution in [2.45, 2.75) is 110 Å². The zero-order valence-electron chi connectivity index (χ0n) is 20.6. The molecule has 0 bridgehead atoms. The number of hydrogen-bond acceptors (Lipinski definition) is 4. The van der Waals surface area contributed by atoms with Crippen molar-refractivity contribution in [3.63, 3.8) is 0 Å². The third kappa shape index (κ3) is 3.38. The molecule has 0 radical (unpaired) electrons. The molecule has 3 saturated carbocycles. The van der Waals surface area contributed by atoms with Crippen LogP contribution in [-0.2, 0) is 18.9 Å². The summed E-state index contributed by atoms with van der Waals surface area (Å²) in [7, 11) is 0. The number of rotatable bonds is 3. The van der Waals surface area contributed by atoms with E-state index in [1.54, 1.807) is 5.57 Å². The number of fused-ring (bicyclic) bond motifs is 5. The van der Waals surface area contributed by atoms with Crippen LogP contribution in [0.25, 0.3) is 0 Å². The van der Waals surface area contributed by atoms with Gasteiger partial charge >= 0.3 is 0 Å². The Labute approximate surface area is 194 Å². The van der Waals surface area contributed by atoms with E-state index in [1.165, 1.54) is 57.8 Å². The van der Waals surface area contributed by atoms with Gasteiger partial charge in [0.1, 0.15) is 0 Å². The van der Waals surface area contributed by atoms with Gasteiger partial charge in [-0.25, -0.2) is 0 Å². The molecule has 6 rings (SSSR count). The van der Waals surface area contributed by atoms with Crippen molar-refractivity contribution in [3.8, 4) is 0 Å². The Morgan fingerprint density at radius 2 is 1.72 bits per heavy atom. The highest BCUT2D eigenvalue weighted by Crippen LogP contribution is 2.68. The lowest BCUT2D eigenvalue weighted by Gasteiger charge is -2.59. The van der Waals surface area contributed by atoms with Crippen molar-refractivity contribution >= 4 is 0 Å². The van der Waals surface area contributed by atoms with Gasteiger partial charge in [-0.15, -0.1) is 0 Å². The molecule has 2 aliphatic heterocycles. The van der Waals surface area contributed by atoms with Gasteiger partial charge in [0.15, 0.2) is 12.1 Å². The van der Waals surface area contributed by atoms with E-state index < -0.39 is 0 Å². The van der Waals surface area contributed by atoms with E-state index in [1.807, 2.05) is 0 Å². The lowest BCUT2D eigenvalue weighted by molar-refractivity contribution is -0.215. The largest absolute Gasteiger partial charge is 0.353 e. The Balaban J connectivity index is 1.19. The van der Waals surface area contributed by atoms with Crippen LogP contribution in [0.15, 0.2) is 11.6 Å². The molecular formula is C28H44O4. The molecule has 0 amide bonds. The molecule has 180 valence electrons. The SMILES string of the molecule is CC1([C@H]2CC[C@@H]3[C@@H]4CC=C5C[C@@H](O[C@@H]6CCCCO6)CC[C@]5(C)[C@@H]4CC[C@@]32C)OCCO1. The first kappa shape index (κ1) is 22.1. The van der Waals surface area contributed by atoms with Crippen molar-refractivity contribution in [2.75, 3.05) is 19.8 Å². The van der Waals surface area contributed by atoms with Gasteiger partial charge in [-0.1, -0.05) is 25.5 Å². The summed E-state index contributed by atoms with van der Waals surface area (Å²) in [6.07, 6.45) is 16.8.